The van der Waals surface area contributed by atoms with Gasteiger partial charge < -0.3 is 0 Å². The fourth-order valence-corrected chi connectivity index (χ4v) is 4.35. The monoisotopic (exact) mass is 417 g/mol. The largest absolute Gasteiger partial charge is 0.446 e. The second kappa shape index (κ2) is 8.63. The summed E-state index contributed by atoms with van der Waals surface area (Å²) in [6, 6.07) is 14.5. The van der Waals surface area contributed by atoms with E-state index in [1.165, 1.54) is 31.4 Å². The fourth-order valence-electron chi connectivity index (χ4n) is 3.81. The van der Waals surface area contributed by atoms with Gasteiger partial charge in [-0.15, -0.1) is 0 Å². The van der Waals surface area contributed by atoms with Gasteiger partial charge in [0.15, 0.2) is 6.17 Å². The number of nitrogens with zero attached hydrogens (tertiary/aromatic N) is 3. The first-order valence-electron chi connectivity index (χ1n) is 9.69. The molecule has 3 nitrogen and oxygen atoms in total. The lowest BCUT2D eigenvalue weighted by molar-refractivity contribution is -0.0328. The summed E-state index contributed by atoms with van der Waals surface area (Å²) in [5.74, 6) is 0. The van der Waals surface area contributed by atoms with Crippen LogP contribution in [0.1, 0.15) is 31.0 Å². The molecule has 152 valence electrons. The zero-order chi connectivity index (χ0) is 20.3. The van der Waals surface area contributed by atoms with Gasteiger partial charge in [-0.2, -0.15) is 13.2 Å². The van der Waals surface area contributed by atoms with Crippen molar-refractivity contribution in [2.45, 2.75) is 35.8 Å². The summed E-state index contributed by atoms with van der Waals surface area (Å²) in [6.07, 6.45) is 9.21. The molecule has 2 aromatic carbocycles. The number of hydrogen-bond donors (Lipinski definition) is 0. The van der Waals surface area contributed by atoms with Crippen LogP contribution in [0.25, 0.3) is 11.1 Å². The topological polar surface area (TPSA) is 18.8 Å². The predicted octanol–water partition coefficient (Wildman–Crippen LogP) is 6.27. The van der Waals surface area contributed by atoms with Crippen LogP contribution in [0.5, 0.6) is 0 Å². The third-order valence-electron chi connectivity index (χ3n) is 5.10. The lowest BCUT2D eigenvalue weighted by Crippen LogP contribution is -2.44. The van der Waals surface area contributed by atoms with Gasteiger partial charge in [0.1, 0.15) is 0 Å². The molecule has 2 aromatic rings. The van der Waals surface area contributed by atoms with Crippen LogP contribution in [-0.4, -0.2) is 34.8 Å². The van der Waals surface area contributed by atoms with E-state index in [1.54, 1.807) is 12.1 Å². The van der Waals surface area contributed by atoms with Gasteiger partial charge in [0.2, 0.25) is 0 Å². The first-order valence-corrected chi connectivity index (χ1v) is 10.5. The van der Waals surface area contributed by atoms with Crippen LogP contribution in [0, 0.1) is 0 Å². The van der Waals surface area contributed by atoms with Crippen molar-refractivity contribution < 1.29 is 13.2 Å². The molecule has 29 heavy (non-hydrogen) atoms. The Bertz CT molecular complexity index is 887. The number of halogens is 3. The van der Waals surface area contributed by atoms with Gasteiger partial charge in [0.05, 0.1) is 0 Å². The summed E-state index contributed by atoms with van der Waals surface area (Å²) in [5, 5.41) is 4.52. The van der Waals surface area contributed by atoms with E-state index in [4.69, 9.17) is 4.99 Å². The maximum Gasteiger partial charge on any atom is 0.446 e. The molecule has 1 saturated heterocycles. The highest BCUT2D eigenvalue weighted by molar-refractivity contribution is 8.00. The van der Waals surface area contributed by atoms with Gasteiger partial charge in [0, 0.05) is 36.0 Å². The first kappa shape index (κ1) is 20.0. The van der Waals surface area contributed by atoms with Crippen molar-refractivity contribution in [1.82, 2.24) is 10.0 Å². The molecule has 1 atom stereocenters. The van der Waals surface area contributed by atoms with Crippen LogP contribution >= 0.6 is 11.8 Å². The van der Waals surface area contributed by atoms with Crippen LogP contribution in [-0.2, 0) is 0 Å². The number of benzene rings is 2. The fraction of sp³-hybridized carbons (Fsp3) is 0.318. The zero-order valence-corrected chi connectivity index (χ0v) is 16.7. The number of allylic oxidation sites excluding steroid dienone is 1. The van der Waals surface area contributed by atoms with E-state index in [1.807, 2.05) is 36.6 Å². The highest BCUT2D eigenvalue weighted by atomic mass is 32.2. The Balaban J connectivity index is 1.64. The average Bonchev–Trinajstić information content (AvgIpc) is 2.74. The summed E-state index contributed by atoms with van der Waals surface area (Å²) in [4.78, 5) is 4.92. The van der Waals surface area contributed by atoms with Gasteiger partial charge in [0.25, 0.3) is 0 Å². The van der Waals surface area contributed by atoms with E-state index >= 15 is 0 Å². The van der Waals surface area contributed by atoms with Crippen LogP contribution in [0.3, 0.4) is 0 Å². The van der Waals surface area contributed by atoms with Crippen molar-refractivity contribution in [2.24, 2.45) is 4.99 Å². The third-order valence-corrected chi connectivity index (χ3v) is 5.84. The number of piperidine rings is 1. The maximum atomic E-state index is 12.6. The summed E-state index contributed by atoms with van der Waals surface area (Å²) in [5.41, 5.74) is -1.38. The molecule has 0 bridgehead atoms. The van der Waals surface area contributed by atoms with Gasteiger partial charge in [-0.3, -0.25) is 10.0 Å². The Hall–Kier alpha value is -2.25. The molecule has 1 unspecified atom stereocenters. The van der Waals surface area contributed by atoms with Crippen LogP contribution in [0.4, 0.5) is 13.2 Å². The number of rotatable bonds is 4. The molecule has 0 saturated carbocycles. The molecule has 0 spiro atoms. The summed E-state index contributed by atoms with van der Waals surface area (Å²) >= 11 is -0.0915. The molecule has 2 aliphatic rings. The molecule has 4 rings (SSSR count). The van der Waals surface area contributed by atoms with E-state index < -0.39 is 5.51 Å². The minimum absolute atomic E-state index is 0.0915. The minimum Gasteiger partial charge on any atom is -0.285 e. The second-order valence-corrected chi connectivity index (χ2v) is 8.21. The molecule has 0 radical (unpaired) electrons. The molecular weight excluding hydrogens is 395 g/mol. The number of thioether (sulfide) groups is 1. The van der Waals surface area contributed by atoms with E-state index in [0.29, 0.717) is 0 Å². The SMILES string of the molecule is FC(F)(F)Sc1ccc(-c2ccccc2C2N=CC=CN2N2CCCCC2)cc1. The van der Waals surface area contributed by atoms with Gasteiger partial charge in [-0.05, 0) is 53.9 Å². The van der Waals surface area contributed by atoms with Crippen LogP contribution in [0.15, 0.2) is 70.7 Å². The van der Waals surface area contributed by atoms with Crippen molar-refractivity contribution in [2.75, 3.05) is 13.1 Å². The second-order valence-electron chi connectivity index (χ2n) is 7.07. The number of hydrazine groups is 1. The Morgan fingerprint density at radius 1 is 0.931 bits per heavy atom. The van der Waals surface area contributed by atoms with Gasteiger partial charge in [-0.1, -0.05) is 42.8 Å². The number of alkyl halides is 3. The number of hydrogen-bond acceptors (Lipinski definition) is 4. The van der Waals surface area contributed by atoms with Gasteiger partial charge in [-0.25, -0.2) is 5.01 Å². The molecule has 0 amide bonds. The van der Waals surface area contributed by atoms with E-state index in [9.17, 15) is 13.2 Å². The maximum absolute atomic E-state index is 12.6. The molecule has 1 fully saturated rings. The molecular formula is C22H22F3N3S. The number of aliphatic imine (C=N–C) groups is 1. The average molecular weight is 418 g/mol. The normalized spacial score (nSPS) is 20.2. The third kappa shape index (κ3) is 4.85. The summed E-state index contributed by atoms with van der Waals surface area (Å²) in [6.45, 7) is 2.00. The van der Waals surface area contributed by atoms with E-state index in [0.717, 1.165) is 29.8 Å². The minimum atomic E-state index is -4.28. The molecule has 0 N–H and O–H groups in total. The van der Waals surface area contributed by atoms with Crippen molar-refractivity contribution in [1.29, 1.82) is 0 Å². The van der Waals surface area contributed by atoms with Crippen LogP contribution in [0.2, 0.25) is 0 Å². The lowest BCUT2D eigenvalue weighted by Gasteiger charge is -2.41. The van der Waals surface area contributed by atoms with E-state index in [-0.39, 0.29) is 22.8 Å². The molecule has 7 heteroatoms. The van der Waals surface area contributed by atoms with Crippen molar-refractivity contribution in [3.05, 3.63) is 66.4 Å². The highest BCUT2D eigenvalue weighted by Crippen LogP contribution is 2.39. The van der Waals surface area contributed by atoms with Gasteiger partial charge >= 0.3 is 5.51 Å². The Morgan fingerprint density at radius 2 is 1.66 bits per heavy atom. The van der Waals surface area contributed by atoms with Crippen molar-refractivity contribution in [3.63, 3.8) is 0 Å². The standard InChI is InChI=1S/C22H22F3N3S/c23-22(24,25)29-18-11-9-17(10-12-18)19-7-2-3-8-20(19)21-26-13-6-16-28(21)27-14-4-1-5-15-27/h2-3,6-13,16,21H,1,4-5,14-15H2. The smallest absolute Gasteiger partial charge is 0.285 e. The molecule has 0 aliphatic carbocycles. The van der Waals surface area contributed by atoms with E-state index in [2.05, 4.69) is 16.2 Å². The van der Waals surface area contributed by atoms with Crippen molar-refractivity contribution in [3.8, 4) is 11.1 Å². The first-order chi connectivity index (χ1) is 14.0. The zero-order valence-electron chi connectivity index (χ0n) is 15.8. The highest BCUT2D eigenvalue weighted by Gasteiger charge is 2.29. The Labute approximate surface area is 172 Å². The predicted molar refractivity (Wildman–Crippen MR) is 111 cm³/mol. The van der Waals surface area contributed by atoms with Crippen LogP contribution < -0.4 is 0 Å². The summed E-state index contributed by atoms with van der Waals surface area (Å²) < 4.78 is 37.9. The Morgan fingerprint density at radius 3 is 2.38 bits per heavy atom. The molecule has 2 aliphatic heterocycles. The summed E-state index contributed by atoms with van der Waals surface area (Å²) in [7, 11) is 0. The lowest BCUT2D eigenvalue weighted by atomic mass is 9.97. The molecule has 2 heterocycles. The Kier molecular flexibility index (Phi) is 5.96. The van der Waals surface area contributed by atoms with Crippen molar-refractivity contribution >= 4 is 18.0 Å². The molecule has 0 aromatic heterocycles. The quantitative estimate of drug-likeness (QED) is 0.547.